The average Bonchev–Trinajstić information content (AvgIpc) is 2.53. The number of piperazine rings is 1. The molecule has 0 spiro atoms. The van der Waals surface area contributed by atoms with Gasteiger partial charge in [-0.3, -0.25) is 4.79 Å². The predicted molar refractivity (Wildman–Crippen MR) is 77.7 cm³/mol. The molecule has 0 aliphatic carbocycles. The number of methoxy groups -OCH3 is 1. The molecule has 1 aromatic heterocycles. The summed E-state index contributed by atoms with van der Waals surface area (Å²) in [5.74, 6) is 0.135. The Hall–Kier alpha value is -2.41. The number of benzene rings is 1. The number of aliphatic carboxylic acids is 1. The van der Waals surface area contributed by atoms with E-state index in [9.17, 15) is 4.79 Å². The summed E-state index contributed by atoms with van der Waals surface area (Å²) in [5.41, 5.74) is 1.52. The van der Waals surface area contributed by atoms with E-state index in [0.717, 1.165) is 11.0 Å². The first-order chi connectivity index (χ1) is 10.2. The lowest BCUT2D eigenvalue weighted by Crippen LogP contribution is -2.54. The minimum atomic E-state index is -0.868. The van der Waals surface area contributed by atoms with Crippen molar-refractivity contribution in [3.63, 3.8) is 0 Å². The van der Waals surface area contributed by atoms with Crippen LogP contribution in [0.2, 0.25) is 0 Å². The number of para-hydroxylation sites is 2. The fourth-order valence-electron chi connectivity index (χ4n) is 2.43. The number of carbonyl (C=O) groups is 1. The fraction of sp³-hybridized carbons (Fsp3) is 0.357. The van der Waals surface area contributed by atoms with Crippen molar-refractivity contribution in [3.8, 4) is 5.88 Å². The van der Waals surface area contributed by atoms with Gasteiger partial charge < -0.3 is 20.1 Å². The molecule has 0 amide bonds. The quantitative estimate of drug-likeness (QED) is 0.850. The van der Waals surface area contributed by atoms with E-state index < -0.39 is 12.0 Å². The Morgan fingerprint density at radius 3 is 2.76 bits per heavy atom. The van der Waals surface area contributed by atoms with Gasteiger partial charge >= 0.3 is 5.97 Å². The number of anilines is 1. The largest absolute Gasteiger partial charge is 0.480 e. The van der Waals surface area contributed by atoms with Crippen LogP contribution in [0.5, 0.6) is 5.88 Å². The number of hydrogen-bond donors (Lipinski definition) is 2. The van der Waals surface area contributed by atoms with Gasteiger partial charge in [0.2, 0.25) is 0 Å². The summed E-state index contributed by atoms with van der Waals surface area (Å²) in [6.45, 7) is 1.57. The number of ether oxygens (including phenoxy) is 1. The third-order valence-corrected chi connectivity index (χ3v) is 3.49. The SMILES string of the molecule is COc1nc2ccccc2nc1N1CCNC(C(=O)O)C1. The fourth-order valence-corrected chi connectivity index (χ4v) is 2.43. The highest BCUT2D eigenvalue weighted by molar-refractivity contribution is 5.78. The number of nitrogens with one attached hydrogen (secondary N) is 1. The Balaban J connectivity index is 2.00. The predicted octanol–water partition coefficient (Wildman–Crippen LogP) is 0.501. The highest BCUT2D eigenvalue weighted by Crippen LogP contribution is 2.27. The second-order valence-electron chi connectivity index (χ2n) is 4.84. The highest BCUT2D eigenvalue weighted by Gasteiger charge is 2.28. The van der Waals surface area contributed by atoms with Gasteiger partial charge in [-0.2, -0.15) is 0 Å². The van der Waals surface area contributed by atoms with Crippen LogP contribution in [0.4, 0.5) is 5.82 Å². The van der Waals surface area contributed by atoms with Gasteiger partial charge in [-0.25, -0.2) is 9.97 Å². The van der Waals surface area contributed by atoms with E-state index in [1.165, 1.54) is 0 Å². The Morgan fingerprint density at radius 1 is 1.38 bits per heavy atom. The summed E-state index contributed by atoms with van der Waals surface area (Å²) in [5, 5.41) is 12.1. The van der Waals surface area contributed by atoms with Gasteiger partial charge in [0.05, 0.1) is 18.1 Å². The van der Waals surface area contributed by atoms with Gasteiger partial charge in [-0.15, -0.1) is 0 Å². The summed E-state index contributed by atoms with van der Waals surface area (Å²) in [7, 11) is 1.54. The summed E-state index contributed by atoms with van der Waals surface area (Å²) in [6, 6.07) is 6.91. The summed E-state index contributed by atoms with van der Waals surface area (Å²) in [6.07, 6.45) is 0. The molecule has 2 aromatic rings. The van der Waals surface area contributed by atoms with Gasteiger partial charge in [-0.1, -0.05) is 12.1 Å². The van der Waals surface area contributed by atoms with Crippen LogP contribution in [-0.4, -0.2) is 53.8 Å². The molecule has 7 heteroatoms. The number of rotatable bonds is 3. The molecule has 1 atom stereocenters. The zero-order valence-corrected chi connectivity index (χ0v) is 11.6. The van der Waals surface area contributed by atoms with Gasteiger partial charge in [0.1, 0.15) is 6.04 Å². The molecular weight excluding hydrogens is 272 g/mol. The van der Waals surface area contributed by atoms with Crippen molar-refractivity contribution < 1.29 is 14.6 Å². The van der Waals surface area contributed by atoms with E-state index in [1.54, 1.807) is 7.11 Å². The van der Waals surface area contributed by atoms with Gasteiger partial charge in [0.25, 0.3) is 5.88 Å². The summed E-state index contributed by atoms with van der Waals surface area (Å²) >= 11 is 0. The maximum absolute atomic E-state index is 11.1. The average molecular weight is 288 g/mol. The van der Waals surface area contributed by atoms with E-state index in [2.05, 4.69) is 15.3 Å². The Bertz CT molecular complexity index is 676. The Kier molecular flexibility index (Phi) is 3.57. The first-order valence-electron chi connectivity index (χ1n) is 6.71. The van der Waals surface area contributed by atoms with Crippen molar-refractivity contribution in [2.45, 2.75) is 6.04 Å². The molecule has 1 aliphatic heterocycles. The first kappa shape index (κ1) is 13.6. The van der Waals surface area contributed by atoms with Crippen molar-refractivity contribution in [2.75, 3.05) is 31.6 Å². The van der Waals surface area contributed by atoms with E-state index in [4.69, 9.17) is 9.84 Å². The molecule has 110 valence electrons. The lowest BCUT2D eigenvalue weighted by atomic mass is 10.2. The lowest BCUT2D eigenvalue weighted by molar-refractivity contribution is -0.139. The maximum atomic E-state index is 11.1. The molecule has 1 aliphatic rings. The summed E-state index contributed by atoms with van der Waals surface area (Å²) < 4.78 is 5.32. The van der Waals surface area contributed by atoms with Crippen LogP contribution in [0.3, 0.4) is 0 Å². The van der Waals surface area contributed by atoms with Crippen molar-refractivity contribution >= 4 is 22.8 Å². The summed E-state index contributed by atoms with van der Waals surface area (Å²) in [4.78, 5) is 22.1. The Morgan fingerprint density at radius 2 is 2.10 bits per heavy atom. The van der Waals surface area contributed by atoms with Crippen LogP contribution in [0.15, 0.2) is 24.3 Å². The molecule has 0 saturated carbocycles. The van der Waals surface area contributed by atoms with Crippen molar-refractivity contribution in [3.05, 3.63) is 24.3 Å². The first-order valence-corrected chi connectivity index (χ1v) is 6.71. The topological polar surface area (TPSA) is 87.6 Å². The number of carboxylic acids is 1. The molecule has 7 nitrogen and oxygen atoms in total. The molecule has 3 rings (SSSR count). The molecule has 0 radical (unpaired) electrons. The Labute approximate surface area is 121 Å². The normalized spacial score (nSPS) is 18.7. The van der Waals surface area contributed by atoms with Crippen LogP contribution in [0.1, 0.15) is 0 Å². The molecule has 1 saturated heterocycles. The van der Waals surface area contributed by atoms with Crippen LogP contribution < -0.4 is 15.0 Å². The third kappa shape index (κ3) is 2.59. The van der Waals surface area contributed by atoms with E-state index in [0.29, 0.717) is 31.3 Å². The monoisotopic (exact) mass is 288 g/mol. The molecule has 2 N–H and O–H groups in total. The standard InChI is InChI=1S/C14H16N4O3/c1-21-13-12(16-9-4-2-3-5-10(9)17-13)18-7-6-15-11(8-18)14(19)20/h2-5,11,15H,6-8H2,1H3,(H,19,20). The van der Waals surface area contributed by atoms with Crippen LogP contribution in [-0.2, 0) is 4.79 Å². The minimum absolute atomic E-state index is 0.332. The second-order valence-corrected chi connectivity index (χ2v) is 4.84. The van der Waals surface area contributed by atoms with Crippen molar-refractivity contribution in [1.29, 1.82) is 0 Å². The second kappa shape index (κ2) is 5.53. The van der Waals surface area contributed by atoms with E-state index >= 15 is 0 Å². The van der Waals surface area contributed by atoms with Crippen LogP contribution in [0, 0.1) is 0 Å². The van der Waals surface area contributed by atoms with E-state index in [-0.39, 0.29) is 0 Å². The van der Waals surface area contributed by atoms with Gasteiger partial charge in [0.15, 0.2) is 5.82 Å². The molecule has 21 heavy (non-hydrogen) atoms. The zero-order valence-electron chi connectivity index (χ0n) is 11.6. The van der Waals surface area contributed by atoms with E-state index in [1.807, 2.05) is 29.2 Å². The van der Waals surface area contributed by atoms with Crippen molar-refractivity contribution in [1.82, 2.24) is 15.3 Å². The maximum Gasteiger partial charge on any atom is 0.322 e. The molecular formula is C14H16N4O3. The smallest absolute Gasteiger partial charge is 0.322 e. The van der Waals surface area contributed by atoms with Gasteiger partial charge in [-0.05, 0) is 12.1 Å². The lowest BCUT2D eigenvalue weighted by Gasteiger charge is -2.32. The molecule has 1 unspecified atom stereocenters. The minimum Gasteiger partial charge on any atom is -0.480 e. The molecule has 1 fully saturated rings. The number of hydrogen-bond acceptors (Lipinski definition) is 6. The van der Waals surface area contributed by atoms with Crippen LogP contribution in [0.25, 0.3) is 11.0 Å². The van der Waals surface area contributed by atoms with Gasteiger partial charge in [0, 0.05) is 19.6 Å². The zero-order chi connectivity index (χ0) is 14.8. The van der Waals surface area contributed by atoms with Crippen LogP contribution >= 0.6 is 0 Å². The molecule has 2 heterocycles. The highest BCUT2D eigenvalue weighted by atomic mass is 16.5. The third-order valence-electron chi connectivity index (χ3n) is 3.49. The molecule has 1 aromatic carbocycles. The number of nitrogens with zero attached hydrogens (tertiary/aromatic N) is 3. The molecule has 0 bridgehead atoms. The number of aromatic nitrogens is 2. The number of fused-ring (bicyclic) bond motifs is 1. The van der Waals surface area contributed by atoms with Crippen molar-refractivity contribution in [2.24, 2.45) is 0 Å². The number of carboxylic acid groups (broad SMARTS) is 1.